The van der Waals surface area contributed by atoms with Gasteiger partial charge in [-0.1, -0.05) is 30.3 Å². The normalized spacial score (nSPS) is 13.9. The molecule has 1 aliphatic rings. The Kier molecular flexibility index (Phi) is 7.49. The summed E-state index contributed by atoms with van der Waals surface area (Å²) in [6.07, 6.45) is 1.66. The summed E-state index contributed by atoms with van der Waals surface area (Å²) in [5.74, 6) is 1.48. The van der Waals surface area contributed by atoms with Gasteiger partial charge in [-0.15, -0.1) is 0 Å². The van der Waals surface area contributed by atoms with Gasteiger partial charge in [-0.3, -0.25) is 9.10 Å². The van der Waals surface area contributed by atoms with Crippen LogP contribution in [0.5, 0.6) is 5.75 Å². The second-order valence-electron chi connectivity index (χ2n) is 7.44. The molecular weight excluding hydrogens is 477 g/mol. The zero-order valence-corrected chi connectivity index (χ0v) is 19.6. The van der Waals surface area contributed by atoms with Crippen molar-refractivity contribution >= 4 is 39.6 Å². The van der Waals surface area contributed by atoms with Crippen LogP contribution in [0.4, 0.5) is 10.1 Å². The van der Waals surface area contributed by atoms with E-state index in [4.69, 9.17) is 4.74 Å². The number of hydrogen-bond acceptors (Lipinski definition) is 6. The maximum atomic E-state index is 13.4. The molecule has 1 saturated heterocycles. The second kappa shape index (κ2) is 10.7. The molecule has 0 radical (unpaired) electrons. The van der Waals surface area contributed by atoms with E-state index in [1.54, 1.807) is 18.2 Å². The molecule has 1 N–H and O–H groups in total. The van der Waals surface area contributed by atoms with Gasteiger partial charge in [0.2, 0.25) is 0 Å². The lowest BCUT2D eigenvalue weighted by molar-refractivity contribution is -0.119. The maximum Gasteiger partial charge on any atom is 0.264 e. The molecule has 1 aliphatic heterocycles. The van der Waals surface area contributed by atoms with Crippen molar-refractivity contribution in [3.05, 3.63) is 90.2 Å². The van der Waals surface area contributed by atoms with Gasteiger partial charge in [-0.25, -0.2) is 18.2 Å². The first-order chi connectivity index (χ1) is 16.4. The molecule has 4 rings (SSSR count). The van der Waals surface area contributed by atoms with Crippen molar-refractivity contribution in [2.24, 2.45) is 5.10 Å². The molecule has 0 atom stereocenters. The molecule has 1 heterocycles. The number of ether oxygens (including phenoxy) is 1. The van der Waals surface area contributed by atoms with Crippen LogP contribution in [-0.2, 0) is 14.8 Å². The number of amides is 1. The molecule has 0 saturated carbocycles. The molecule has 0 unspecified atom stereocenters. The molecule has 1 amide bonds. The van der Waals surface area contributed by atoms with Crippen LogP contribution < -0.4 is 14.5 Å². The number of sulfonamides is 1. The van der Waals surface area contributed by atoms with E-state index in [-0.39, 0.29) is 16.7 Å². The predicted octanol–water partition coefficient (Wildman–Crippen LogP) is 3.67. The summed E-state index contributed by atoms with van der Waals surface area (Å²) in [7, 11) is -4.07. The Morgan fingerprint density at radius 2 is 1.82 bits per heavy atom. The first-order valence-electron chi connectivity index (χ1n) is 10.4. The summed E-state index contributed by atoms with van der Waals surface area (Å²) in [5, 5.41) is 3.95. The number of nitrogens with one attached hydrogen (secondary N) is 1. The zero-order chi connectivity index (χ0) is 24.0. The Morgan fingerprint density at radius 3 is 2.50 bits per heavy atom. The fraction of sp³-hybridized carbons (Fsp3) is 0.167. The van der Waals surface area contributed by atoms with Gasteiger partial charge in [0.05, 0.1) is 16.8 Å². The van der Waals surface area contributed by atoms with Gasteiger partial charge in [0.1, 0.15) is 24.2 Å². The largest absolute Gasteiger partial charge is 0.489 e. The minimum Gasteiger partial charge on any atom is -0.489 e. The van der Waals surface area contributed by atoms with E-state index in [9.17, 15) is 17.6 Å². The lowest BCUT2D eigenvalue weighted by Gasteiger charge is -2.25. The van der Waals surface area contributed by atoms with Gasteiger partial charge in [0.15, 0.2) is 0 Å². The number of rotatable bonds is 9. The van der Waals surface area contributed by atoms with E-state index >= 15 is 0 Å². The van der Waals surface area contributed by atoms with Crippen molar-refractivity contribution in [1.29, 1.82) is 0 Å². The summed E-state index contributed by atoms with van der Waals surface area (Å²) in [4.78, 5) is 12.6. The molecule has 176 valence electrons. The Labute approximate surface area is 201 Å². The lowest BCUT2D eigenvalue weighted by atomic mass is 10.2. The Balaban J connectivity index is 1.46. The number of hydrazone groups is 1. The van der Waals surface area contributed by atoms with Crippen molar-refractivity contribution in [3.63, 3.8) is 0 Å². The topological polar surface area (TPSA) is 88.1 Å². The molecule has 3 aromatic rings. The van der Waals surface area contributed by atoms with Gasteiger partial charge in [-0.05, 0) is 54.1 Å². The molecule has 7 nitrogen and oxygen atoms in total. The summed E-state index contributed by atoms with van der Waals surface area (Å²) in [6, 6.07) is 19.9. The fourth-order valence-electron chi connectivity index (χ4n) is 3.13. The highest BCUT2D eigenvalue weighted by Crippen LogP contribution is 2.25. The van der Waals surface area contributed by atoms with E-state index < -0.39 is 28.3 Å². The van der Waals surface area contributed by atoms with E-state index in [1.165, 1.54) is 30.5 Å². The maximum absolute atomic E-state index is 13.4. The monoisotopic (exact) mass is 499 g/mol. The third kappa shape index (κ3) is 5.95. The average molecular weight is 500 g/mol. The first-order valence-corrected chi connectivity index (χ1v) is 13.0. The summed E-state index contributed by atoms with van der Waals surface area (Å²) in [6.45, 7) is -0.539. The summed E-state index contributed by atoms with van der Waals surface area (Å²) < 4.78 is 46.6. The van der Waals surface area contributed by atoms with Crippen LogP contribution in [0.15, 0.2) is 88.9 Å². The molecule has 0 bridgehead atoms. The van der Waals surface area contributed by atoms with Crippen molar-refractivity contribution in [2.75, 3.05) is 22.4 Å². The van der Waals surface area contributed by atoms with Gasteiger partial charge < -0.3 is 4.74 Å². The van der Waals surface area contributed by atoms with Gasteiger partial charge in [-0.2, -0.15) is 16.9 Å². The highest BCUT2D eigenvalue weighted by molar-refractivity contribution is 8.00. The van der Waals surface area contributed by atoms with E-state index in [1.807, 2.05) is 36.0 Å². The van der Waals surface area contributed by atoms with Crippen molar-refractivity contribution in [3.8, 4) is 5.75 Å². The Morgan fingerprint density at radius 1 is 1.09 bits per heavy atom. The highest BCUT2D eigenvalue weighted by Gasteiger charge is 2.27. The van der Waals surface area contributed by atoms with Crippen LogP contribution in [0.25, 0.3) is 0 Å². The second-order valence-corrected chi connectivity index (χ2v) is 10.4. The van der Waals surface area contributed by atoms with Crippen molar-refractivity contribution in [2.45, 2.75) is 11.0 Å². The molecule has 3 aromatic carbocycles. The Bertz CT molecular complexity index is 1260. The number of halogens is 1. The SMILES string of the molecule is O=C(CN(c1ccc(F)cc1)S(=O)(=O)c1ccccc1)N/N=C/c1cccc(OC2CSC2)c1. The number of carbonyl (C=O) groups excluding carboxylic acids is 1. The van der Waals surface area contributed by atoms with Crippen molar-refractivity contribution in [1.82, 2.24) is 5.43 Å². The average Bonchev–Trinajstić information content (AvgIpc) is 2.81. The Hall–Kier alpha value is -3.37. The van der Waals surface area contributed by atoms with Gasteiger partial charge >= 0.3 is 0 Å². The molecular formula is C24H22FN3O4S2. The minimum absolute atomic E-state index is 0.0114. The molecule has 0 aromatic heterocycles. The minimum atomic E-state index is -4.07. The van der Waals surface area contributed by atoms with E-state index in [0.717, 1.165) is 39.3 Å². The molecule has 34 heavy (non-hydrogen) atoms. The summed E-state index contributed by atoms with van der Waals surface area (Å²) >= 11 is 1.83. The van der Waals surface area contributed by atoms with Crippen LogP contribution in [0.2, 0.25) is 0 Å². The number of carbonyl (C=O) groups is 1. The van der Waals surface area contributed by atoms with Crippen LogP contribution in [-0.4, -0.2) is 44.7 Å². The third-order valence-electron chi connectivity index (χ3n) is 4.90. The fourth-order valence-corrected chi connectivity index (χ4v) is 5.14. The number of anilines is 1. The van der Waals surface area contributed by atoms with Gasteiger partial charge in [0, 0.05) is 11.5 Å². The summed E-state index contributed by atoms with van der Waals surface area (Å²) in [5.41, 5.74) is 3.23. The third-order valence-corrected chi connectivity index (χ3v) is 7.91. The quantitative estimate of drug-likeness (QED) is 0.359. The molecule has 0 aliphatic carbocycles. The van der Waals surface area contributed by atoms with Crippen LogP contribution in [0, 0.1) is 5.82 Å². The molecule has 0 spiro atoms. The number of benzene rings is 3. The van der Waals surface area contributed by atoms with E-state index in [0.29, 0.717) is 0 Å². The van der Waals surface area contributed by atoms with Crippen LogP contribution >= 0.6 is 11.8 Å². The number of nitrogens with zero attached hydrogens (tertiary/aromatic N) is 2. The number of thioether (sulfide) groups is 1. The zero-order valence-electron chi connectivity index (χ0n) is 18.0. The highest BCUT2D eigenvalue weighted by atomic mass is 32.2. The van der Waals surface area contributed by atoms with Crippen molar-refractivity contribution < 1.29 is 22.3 Å². The van der Waals surface area contributed by atoms with Crippen LogP contribution in [0.3, 0.4) is 0 Å². The van der Waals surface area contributed by atoms with Gasteiger partial charge in [0.25, 0.3) is 15.9 Å². The van der Waals surface area contributed by atoms with E-state index in [2.05, 4.69) is 10.5 Å². The smallest absolute Gasteiger partial charge is 0.264 e. The first kappa shape index (κ1) is 23.8. The number of hydrogen-bond donors (Lipinski definition) is 1. The van der Waals surface area contributed by atoms with Crippen LogP contribution in [0.1, 0.15) is 5.56 Å². The molecule has 1 fully saturated rings. The molecule has 10 heteroatoms. The predicted molar refractivity (Wildman–Crippen MR) is 131 cm³/mol. The lowest BCUT2D eigenvalue weighted by Crippen LogP contribution is -2.39. The standard InChI is InChI=1S/C24H22FN3O4S2/c25-19-9-11-20(12-10-19)28(34(30,31)23-7-2-1-3-8-23)15-24(29)27-26-14-18-5-4-6-21(13-18)32-22-16-33-17-22/h1-14,22H,15-17H2,(H,27,29)/b26-14+.